The lowest BCUT2D eigenvalue weighted by Crippen LogP contribution is -2.45. The Balaban J connectivity index is 1.28. The zero-order valence-electron chi connectivity index (χ0n) is 16.5. The van der Waals surface area contributed by atoms with Crippen LogP contribution >= 0.6 is 0 Å². The summed E-state index contributed by atoms with van der Waals surface area (Å²) in [4.78, 5) is 2.52. The van der Waals surface area contributed by atoms with Crippen LogP contribution in [0.5, 0.6) is 0 Å². The molecule has 2 aliphatic rings. The summed E-state index contributed by atoms with van der Waals surface area (Å²) in [5.41, 5.74) is 10.6. The molecule has 3 N–H and O–H groups in total. The lowest BCUT2D eigenvalue weighted by Gasteiger charge is -2.35. The number of rotatable bonds is 5. The molecule has 144 valence electrons. The van der Waals surface area contributed by atoms with Crippen LogP contribution in [0.3, 0.4) is 0 Å². The van der Waals surface area contributed by atoms with Crippen molar-refractivity contribution in [2.24, 2.45) is 5.92 Å². The Bertz CT molecular complexity index is 697. The van der Waals surface area contributed by atoms with E-state index in [1.807, 2.05) is 0 Å². The van der Waals surface area contributed by atoms with Gasteiger partial charge >= 0.3 is 0 Å². The topological polar surface area (TPSA) is 39.3 Å². The largest absolute Gasteiger partial charge is 0.371 e. The fourth-order valence-electron chi connectivity index (χ4n) is 4.40. The summed E-state index contributed by atoms with van der Waals surface area (Å²) in [5.74, 6) is 0.661. The average Bonchev–Trinajstić information content (AvgIpc) is 3.05. The van der Waals surface area contributed by atoms with Gasteiger partial charge in [-0.3, -0.25) is 10.9 Å². The molecule has 2 unspecified atom stereocenters. The van der Waals surface area contributed by atoms with Gasteiger partial charge in [-0.25, -0.2) is 0 Å². The van der Waals surface area contributed by atoms with Gasteiger partial charge in [-0.05, 0) is 49.9 Å². The molecule has 2 atom stereocenters. The maximum absolute atomic E-state index is 3.82. The Morgan fingerprint density at radius 1 is 0.852 bits per heavy atom. The zero-order chi connectivity index (χ0) is 18.6. The number of nitrogens with zero attached hydrogens (tertiary/aromatic N) is 1. The lowest BCUT2D eigenvalue weighted by atomic mass is 9.95. The van der Waals surface area contributed by atoms with Crippen molar-refractivity contribution in [3.8, 4) is 11.1 Å². The van der Waals surface area contributed by atoms with Gasteiger partial charge in [-0.2, -0.15) is 0 Å². The highest BCUT2D eigenvalue weighted by Gasteiger charge is 2.30. The van der Waals surface area contributed by atoms with E-state index in [4.69, 9.17) is 0 Å². The Labute approximate surface area is 163 Å². The van der Waals surface area contributed by atoms with E-state index in [1.54, 1.807) is 0 Å². The minimum Gasteiger partial charge on any atom is -0.371 e. The molecule has 2 heterocycles. The summed E-state index contributed by atoms with van der Waals surface area (Å²) < 4.78 is 0. The molecule has 0 spiro atoms. The first-order valence-corrected chi connectivity index (χ1v) is 10.4. The van der Waals surface area contributed by atoms with Crippen molar-refractivity contribution in [1.82, 2.24) is 16.2 Å². The molecule has 2 aromatic rings. The van der Waals surface area contributed by atoms with Crippen LogP contribution in [0.25, 0.3) is 11.1 Å². The SMILES string of the molecule is CC1NNC(C)C1CNC1CCN(c2ccc(-c3ccccc3)cc2)CC1. The fourth-order valence-corrected chi connectivity index (χ4v) is 4.40. The van der Waals surface area contributed by atoms with Gasteiger partial charge in [-0.1, -0.05) is 42.5 Å². The van der Waals surface area contributed by atoms with Gasteiger partial charge in [0.1, 0.15) is 0 Å². The molecular formula is C23H32N4. The van der Waals surface area contributed by atoms with E-state index in [2.05, 4.69) is 89.5 Å². The van der Waals surface area contributed by atoms with Crippen LogP contribution in [0.15, 0.2) is 54.6 Å². The highest BCUT2D eigenvalue weighted by Crippen LogP contribution is 2.25. The normalized spacial score (nSPS) is 26.4. The smallest absolute Gasteiger partial charge is 0.0366 e. The van der Waals surface area contributed by atoms with E-state index in [9.17, 15) is 0 Å². The minimum absolute atomic E-state index is 0.538. The first-order chi connectivity index (χ1) is 13.2. The Morgan fingerprint density at radius 3 is 2.07 bits per heavy atom. The molecule has 4 nitrogen and oxygen atoms in total. The number of hydrogen-bond acceptors (Lipinski definition) is 4. The van der Waals surface area contributed by atoms with Crippen molar-refractivity contribution < 1.29 is 0 Å². The van der Waals surface area contributed by atoms with Crippen molar-refractivity contribution in [2.45, 2.75) is 44.8 Å². The Morgan fingerprint density at radius 2 is 1.44 bits per heavy atom. The Kier molecular flexibility index (Phi) is 5.77. The molecule has 27 heavy (non-hydrogen) atoms. The van der Waals surface area contributed by atoms with E-state index in [-0.39, 0.29) is 0 Å². The maximum atomic E-state index is 3.82. The van der Waals surface area contributed by atoms with Crippen molar-refractivity contribution >= 4 is 5.69 Å². The third-order valence-electron chi connectivity index (χ3n) is 6.30. The monoisotopic (exact) mass is 364 g/mol. The molecule has 0 aromatic heterocycles. The van der Waals surface area contributed by atoms with E-state index in [1.165, 1.54) is 29.7 Å². The van der Waals surface area contributed by atoms with Gasteiger partial charge in [0.25, 0.3) is 0 Å². The van der Waals surface area contributed by atoms with Crippen LogP contribution in [0.2, 0.25) is 0 Å². The van der Waals surface area contributed by atoms with Crippen LogP contribution in [0, 0.1) is 5.92 Å². The lowest BCUT2D eigenvalue weighted by molar-refractivity contribution is 0.349. The standard InChI is InChI=1S/C23H32N4/c1-17-23(18(2)26-25-17)16-24-21-12-14-27(15-13-21)22-10-8-20(9-11-22)19-6-4-3-5-7-19/h3-11,17-18,21,23-26H,12-16H2,1-2H3. The zero-order valence-corrected chi connectivity index (χ0v) is 16.5. The summed E-state index contributed by atoms with van der Waals surface area (Å²) in [7, 11) is 0. The summed E-state index contributed by atoms with van der Waals surface area (Å²) >= 11 is 0. The van der Waals surface area contributed by atoms with Gasteiger partial charge in [0.05, 0.1) is 0 Å². The van der Waals surface area contributed by atoms with Crippen LogP contribution < -0.4 is 21.1 Å². The molecule has 2 aliphatic heterocycles. The van der Waals surface area contributed by atoms with Crippen LogP contribution in [0.4, 0.5) is 5.69 Å². The maximum Gasteiger partial charge on any atom is 0.0366 e. The van der Waals surface area contributed by atoms with Gasteiger partial charge in [0, 0.05) is 49.4 Å². The second-order valence-corrected chi connectivity index (χ2v) is 8.11. The summed E-state index contributed by atoms with van der Waals surface area (Å²) in [6, 6.07) is 21.4. The number of nitrogens with one attached hydrogen (secondary N) is 3. The van der Waals surface area contributed by atoms with Crippen LogP contribution in [0.1, 0.15) is 26.7 Å². The predicted molar refractivity (Wildman–Crippen MR) is 114 cm³/mol. The second kappa shape index (κ2) is 8.42. The summed E-state index contributed by atoms with van der Waals surface area (Å²) in [6.45, 7) is 7.90. The molecule has 0 saturated carbocycles. The second-order valence-electron chi connectivity index (χ2n) is 8.11. The minimum atomic E-state index is 0.538. The van der Waals surface area contributed by atoms with Crippen molar-refractivity contribution in [3.63, 3.8) is 0 Å². The molecule has 0 bridgehead atoms. The van der Waals surface area contributed by atoms with Crippen LogP contribution in [-0.2, 0) is 0 Å². The molecular weight excluding hydrogens is 332 g/mol. The van der Waals surface area contributed by atoms with Gasteiger partial charge in [0.2, 0.25) is 0 Å². The van der Waals surface area contributed by atoms with E-state index >= 15 is 0 Å². The molecule has 2 saturated heterocycles. The number of benzene rings is 2. The number of piperidine rings is 1. The molecule has 2 aromatic carbocycles. The number of anilines is 1. The fraction of sp³-hybridized carbons (Fsp3) is 0.478. The van der Waals surface area contributed by atoms with Gasteiger partial charge in [-0.15, -0.1) is 0 Å². The van der Waals surface area contributed by atoms with E-state index in [0.29, 0.717) is 24.0 Å². The van der Waals surface area contributed by atoms with Crippen molar-refractivity contribution in [2.75, 3.05) is 24.5 Å². The third kappa shape index (κ3) is 4.34. The highest BCUT2D eigenvalue weighted by atomic mass is 15.4. The Hall–Kier alpha value is -1.88. The van der Waals surface area contributed by atoms with Gasteiger partial charge < -0.3 is 10.2 Å². The first-order valence-electron chi connectivity index (χ1n) is 10.4. The molecule has 0 aliphatic carbocycles. The molecule has 4 rings (SSSR count). The predicted octanol–water partition coefficient (Wildman–Crippen LogP) is 3.41. The van der Waals surface area contributed by atoms with Crippen molar-refractivity contribution in [3.05, 3.63) is 54.6 Å². The molecule has 0 amide bonds. The van der Waals surface area contributed by atoms with E-state index < -0.39 is 0 Å². The van der Waals surface area contributed by atoms with Crippen LogP contribution in [-0.4, -0.2) is 37.8 Å². The molecule has 2 fully saturated rings. The molecule has 0 radical (unpaired) electrons. The highest BCUT2D eigenvalue weighted by molar-refractivity contribution is 5.66. The van der Waals surface area contributed by atoms with Gasteiger partial charge in [0.15, 0.2) is 0 Å². The van der Waals surface area contributed by atoms with E-state index in [0.717, 1.165) is 19.6 Å². The number of hydrogen-bond donors (Lipinski definition) is 3. The summed E-state index contributed by atoms with van der Waals surface area (Å²) in [5, 5.41) is 3.82. The quantitative estimate of drug-likeness (QED) is 0.760. The summed E-state index contributed by atoms with van der Waals surface area (Å²) in [6.07, 6.45) is 2.44. The third-order valence-corrected chi connectivity index (χ3v) is 6.30. The first kappa shape index (κ1) is 18.5. The average molecular weight is 365 g/mol. The van der Waals surface area contributed by atoms with Crippen molar-refractivity contribution in [1.29, 1.82) is 0 Å². The molecule has 4 heteroatoms. The number of hydrazine groups is 1.